The van der Waals surface area contributed by atoms with Crippen LogP contribution in [0.25, 0.3) is 5.69 Å². The summed E-state index contributed by atoms with van der Waals surface area (Å²) < 4.78 is 2.03. The van der Waals surface area contributed by atoms with Crippen LogP contribution in [-0.2, 0) is 6.42 Å². The highest BCUT2D eigenvalue weighted by Crippen LogP contribution is 2.40. The van der Waals surface area contributed by atoms with E-state index < -0.39 is 0 Å². The van der Waals surface area contributed by atoms with Crippen LogP contribution < -0.4 is 5.32 Å². The first kappa shape index (κ1) is 17.2. The van der Waals surface area contributed by atoms with Gasteiger partial charge in [0.2, 0.25) is 0 Å². The second-order valence-corrected chi connectivity index (χ2v) is 8.36. The van der Waals surface area contributed by atoms with Crippen LogP contribution in [0.1, 0.15) is 40.6 Å². The normalized spacial score (nSPS) is 16.0. The lowest BCUT2D eigenvalue weighted by Gasteiger charge is -2.21. The molecule has 1 atom stereocenters. The SMILES string of the molecule is Cc1cn(-c2ccc(Nc3nc4c(s3)CCCC4c3ccccc3)cc2)cn1. The molecule has 0 amide bonds. The van der Waals surface area contributed by atoms with Crippen molar-refractivity contribution in [3.63, 3.8) is 0 Å². The zero-order valence-electron chi connectivity index (χ0n) is 15.8. The Morgan fingerprint density at radius 3 is 2.64 bits per heavy atom. The van der Waals surface area contributed by atoms with E-state index in [-0.39, 0.29) is 0 Å². The number of thiazole rings is 1. The minimum absolute atomic E-state index is 0.420. The Labute approximate surface area is 168 Å². The van der Waals surface area contributed by atoms with Crippen LogP contribution in [0.5, 0.6) is 0 Å². The van der Waals surface area contributed by atoms with Gasteiger partial charge in [0.25, 0.3) is 0 Å². The van der Waals surface area contributed by atoms with Crippen molar-refractivity contribution in [3.8, 4) is 5.69 Å². The first-order valence-electron chi connectivity index (χ1n) is 9.69. The summed E-state index contributed by atoms with van der Waals surface area (Å²) in [6, 6.07) is 19.2. The van der Waals surface area contributed by atoms with E-state index in [0.717, 1.165) is 28.6 Å². The number of benzene rings is 2. The molecule has 2 aromatic carbocycles. The molecule has 0 saturated carbocycles. The van der Waals surface area contributed by atoms with Gasteiger partial charge in [-0.3, -0.25) is 0 Å². The van der Waals surface area contributed by atoms with Crippen molar-refractivity contribution in [2.45, 2.75) is 32.1 Å². The predicted molar refractivity (Wildman–Crippen MR) is 115 cm³/mol. The molecule has 140 valence electrons. The van der Waals surface area contributed by atoms with Crippen LogP contribution in [-0.4, -0.2) is 14.5 Å². The van der Waals surface area contributed by atoms with Crippen LogP contribution in [0.3, 0.4) is 0 Å². The van der Waals surface area contributed by atoms with Gasteiger partial charge in [0, 0.05) is 28.4 Å². The highest BCUT2D eigenvalue weighted by atomic mass is 32.1. The molecule has 5 heteroatoms. The summed E-state index contributed by atoms with van der Waals surface area (Å²) in [5.41, 5.74) is 5.82. The zero-order chi connectivity index (χ0) is 18.9. The molecule has 5 rings (SSSR count). The quantitative estimate of drug-likeness (QED) is 0.478. The summed E-state index contributed by atoms with van der Waals surface area (Å²) >= 11 is 1.80. The lowest BCUT2D eigenvalue weighted by Crippen LogP contribution is -2.09. The molecule has 0 aliphatic heterocycles. The first-order chi connectivity index (χ1) is 13.8. The maximum atomic E-state index is 4.98. The molecule has 0 fully saturated rings. The van der Waals surface area contributed by atoms with E-state index in [0.29, 0.717) is 5.92 Å². The standard InChI is InChI=1S/C23H22N4S/c1-16-14-27(15-24-16)19-12-10-18(11-13-19)25-23-26-22-20(8-5-9-21(22)28-23)17-6-3-2-4-7-17/h2-4,6-7,10-15,20H,5,8-9H2,1H3,(H,25,26). The summed E-state index contributed by atoms with van der Waals surface area (Å²) in [6.07, 6.45) is 7.42. The van der Waals surface area contributed by atoms with Crippen molar-refractivity contribution in [2.75, 3.05) is 5.32 Å². The Morgan fingerprint density at radius 1 is 1.07 bits per heavy atom. The van der Waals surface area contributed by atoms with E-state index >= 15 is 0 Å². The topological polar surface area (TPSA) is 42.7 Å². The third-order valence-corrected chi connectivity index (χ3v) is 6.33. The number of hydrogen-bond acceptors (Lipinski definition) is 4. The molecular formula is C23H22N4S. The minimum atomic E-state index is 0.420. The third-order valence-electron chi connectivity index (χ3n) is 5.28. The summed E-state index contributed by atoms with van der Waals surface area (Å²) in [4.78, 5) is 10.7. The number of imidazole rings is 1. The van der Waals surface area contributed by atoms with Gasteiger partial charge in [-0.15, -0.1) is 11.3 Å². The smallest absolute Gasteiger partial charge is 0.187 e. The van der Waals surface area contributed by atoms with Crippen LogP contribution in [0.2, 0.25) is 0 Å². The Balaban J connectivity index is 1.37. The van der Waals surface area contributed by atoms with Gasteiger partial charge in [-0.1, -0.05) is 30.3 Å². The summed E-state index contributed by atoms with van der Waals surface area (Å²) in [5.74, 6) is 0.420. The highest BCUT2D eigenvalue weighted by molar-refractivity contribution is 7.15. The van der Waals surface area contributed by atoms with Crippen molar-refractivity contribution < 1.29 is 0 Å². The van der Waals surface area contributed by atoms with E-state index in [2.05, 4.69) is 64.9 Å². The van der Waals surface area contributed by atoms with Gasteiger partial charge in [0.1, 0.15) is 0 Å². The maximum Gasteiger partial charge on any atom is 0.187 e. The molecule has 4 nitrogen and oxygen atoms in total. The molecule has 0 saturated heterocycles. The molecule has 28 heavy (non-hydrogen) atoms. The fourth-order valence-electron chi connectivity index (χ4n) is 3.88. The van der Waals surface area contributed by atoms with Gasteiger partial charge in [0.15, 0.2) is 5.13 Å². The molecule has 0 radical (unpaired) electrons. The van der Waals surface area contributed by atoms with Crippen molar-refractivity contribution in [2.24, 2.45) is 0 Å². The number of hydrogen-bond donors (Lipinski definition) is 1. The Hall–Kier alpha value is -2.92. The number of aromatic nitrogens is 3. The fourth-order valence-corrected chi connectivity index (χ4v) is 4.97. The second kappa shape index (κ2) is 7.24. The van der Waals surface area contributed by atoms with Gasteiger partial charge in [-0.25, -0.2) is 9.97 Å². The average molecular weight is 387 g/mol. The van der Waals surface area contributed by atoms with Gasteiger partial charge in [-0.05, 0) is 56.0 Å². The lowest BCUT2D eigenvalue weighted by atomic mass is 9.85. The Bertz CT molecular complexity index is 1080. The summed E-state index contributed by atoms with van der Waals surface area (Å²) in [6.45, 7) is 2.00. The number of anilines is 2. The predicted octanol–water partition coefficient (Wildman–Crippen LogP) is 5.85. The van der Waals surface area contributed by atoms with Crippen molar-refractivity contribution >= 4 is 22.2 Å². The Morgan fingerprint density at radius 2 is 1.89 bits per heavy atom. The number of aryl methyl sites for hydroxylation is 2. The van der Waals surface area contributed by atoms with Gasteiger partial charge in [0.05, 0.1) is 17.7 Å². The fraction of sp³-hybridized carbons (Fsp3) is 0.217. The third kappa shape index (κ3) is 3.34. The van der Waals surface area contributed by atoms with Crippen LogP contribution >= 0.6 is 11.3 Å². The molecule has 2 aromatic heterocycles. The minimum Gasteiger partial charge on any atom is -0.332 e. The first-order valence-corrected chi connectivity index (χ1v) is 10.5. The molecule has 1 aliphatic carbocycles. The summed E-state index contributed by atoms with van der Waals surface area (Å²) in [7, 11) is 0. The Kier molecular flexibility index (Phi) is 4.45. The molecule has 1 unspecified atom stereocenters. The molecule has 1 aliphatic rings. The molecule has 0 bridgehead atoms. The van der Waals surface area contributed by atoms with Crippen molar-refractivity contribution in [1.29, 1.82) is 0 Å². The molecule has 2 heterocycles. The number of nitrogens with one attached hydrogen (secondary N) is 1. The highest BCUT2D eigenvalue weighted by Gasteiger charge is 2.26. The molecule has 4 aromatic rings. The van der Waals surface area contributed by atoms with Gasteiger partial charge < -0.3 is 9.88 Å². The maximum absolute atomic E-state index is 4.98. The number of fused-ring (bicyclic) bond motifs is 1. The lowest BCUT2D eigenvalue weighted by molar-refractivity contribution is 0.610. The van der Waals surface area contributed by atoms with E-state index in [9.17, 15) is 0 Å². The molecular weight excluding hydrogens is 364 g/mol. The van der Waals surface area contributed by atoms with Crippen molar-refractivity contribution in [3.05, 3.63) is 88.9 Å². The number of rotatable bonds is 4. The monoisotopic (exact) mass is 386 g/mol. The zero-order valence-corrected chi connectivity index (χ0v) is 16.6. The molecule has 0 spiro atoms. The summed E-state index contributed by atoms with van der Waals surface area (Å²) in [5, 5.41) is 4.48. The van der Waals surface area contributed by atoms with Crippen LogP contribution in [0, 0.1) is 6.92 Å². The van der Waals surface area contributed by atoms with Crippen LogP contribution in [0.4, 0.5) is 10.8 Å². The van der Waals surface area contributed by atoms with Crippen LogP contribution in [0.15, 0.2) is 67.1 Å². The van der Waals surface area contributed by atoms with E-state index in [1.165, 1.54) is 29.0 Å². The van der Waals surface area contributed by atoms with E-state index in [1.807, 2.05) is 24.0 Å². The van der Waals surface area contributed by atoms with E-state index in [1.54, 1.807) is 11.3 Å². The van der Waals surface area contributed by atoms with Gasteiger partial charge >= 0.3 is 0 Å². The van der Waals surface area contributed by atoms with E-state index in [4.69, 9.17) is 4.98 Å². The largest absolute Gasteiger partial charge is 0.332 e. The van der Waals surface area contributed by atoms with Crippen molar-refractivity contribution in [1.82, 2.24) is 14.5 Å². The number of nitrogens with zero attached hydrogens (tertiary/aromatic N) is 3. The average Bonchev–Trinajstić information content (AvgIpc) is 3.34. The second-order valence-electron chi connectivity index (χ2n) is 7.28. The molecule has 1 N–H and O–H groups in total. The van der Waals surface area contributed by atoms with Gasteiger partial charge in [-0.2, -0.15) is 0 Å².